The van der Waals surface area contributed by atoms with Crippen molar-refractivity contribution in [3.8, 4) is 0 Å². The lowest BCUT2D eigenvalue weighted by molar-refractivity contribution is -0.121. The number of aromatic nitrogens is 4. The summed E-state index contributed by atoms with van der Waals surface area (Å²) >= 11 is 1.41. The molecular weight excluding hydrogens is 250 g/mol. The SMILES string of the molecule is C[C@@H](Sc1nnnn1C1CC1)C(=O)NC(C)(C)C. The molecule has 7 heteroatoms. The van der Waals surface area contributed by atoms with Gasteiger partial charge in [0.15, 0.2) is 0 Å². The monoisotopic (exact) mass is 269 g/mol. The Morgan fingerprint density at radius 2 is 2.17 bits per heavy atom. The van der Waals surface area contributed by atoms with Gasteiger partial charge in [-0.3, -0.25) is 4.79 Å². The number of amides is 1. The molecule has 0 aliphatic heterocycles. The summed E-state index contributed by atoms with van der Waals surface area (Å²) < 4.78 is 1.82. The van der Waals surface area contributed by atoms with E-state index in [0.717, 1.165) is 18.0 Å². The van der Waals surface area contributed by atoms with E-state index in [1.807, 2.05) is 32.4 Å². The first-order valence-corrected chi connectivity index (χ1v) is 7.01. The lowest BCUT2D eigenvalue weighted by Crippen LogP contribution is -2.44. The van der Waals surface area contributed by atoms with Crippen LogP contribution in [0.4, 0.5) is 0 Å². The Bertz CT molecular complexity index is 435. The number of tetrazole rings is 1. The molecule has 1 aromatic rings. The maximum atomic E-state index is 12.0. The summed E-state index contributed by atoms with van der Waals surface area (Å²) in [5.41, 5.74) is -0.214. The van der Waals surface area contributed by atoms with Crippen molar-refractivity contribution >= 4 is 17.7 Å². The van der Waals surface area contributed by atoms with Crippen LogP contribution in [0.1, 0.15) is 46.6 Å². The first-order valence-electron chi connectivity index (χ1n) is 6.13. The van der Waals surface area contributed by atoms with Gasteiger partial charge < -0.3 is 5.32 Å². The molecular formula is C11H19N5OS. The largest absolute Gasteiger partial charge is 0.351 e. The summed E-state index contributed by atoms with van der Waals surface area (Å²) in [6, 6.07) is 0.431. The maximum Gasteiger partial charge on any atom is 0.233 e. The molecule has 1 saturated carbocycles. The van der Waals surface area contributed by atoms with Crippen molar-refractivity contribution in [2.45, 2.75) is 62.5 Å². The van der Waals surface area contributed by atoms with E-state index in [1.165, 1.54) is 11.8 Å². The second-order valence-electron chi connectivity index (χ2n) is 5.64. The summed E-state index contributed by atoms with van der Waals surface area (Å²) in [5, 5.41) is 15.1. The van der Waals surface area contributed by atoms with Crippen LogP contribution in [0.3, 0.4) is 0 Å². The van der Waals surface area contributed by atoms with Crippen molar-refractivity contribution in [1.82, 2.24) is 25.5 Å². The molecule has 1 aliphatic carbocycles. The maximum absolute atomic E-state index is 12.0. The molecule has 0 radical (unpaired) electrons. The number of hydrogen-bond acceptors (Lipinski definition) is 5. The highest BCUT2D eigenvalue weighted by Gasteiger charge is 2.29. The van der Waals surface area contributed by atoms with E-state index >= 15 is 0 Å². The van der Waals surface area contributed by atoms with E-state index in [0.29, 0.717) is 6.04 Å². The molecule has 1 heterocycles. The molecule has 100 valence electrons. The Morgan fingerprint density at radius 1 is 1.50 bits per heavy atom. The van der Waals surface area contributed by atoms with E-state index < -0.39 is 0 Å². The minimum absolute atomic E-state index is 0.0119. The molecule has 0 bridgehead atoms. The molecule has 1 amide bonds. The third kappa shape index (κ3) is 3.44. The van der Waals surface area contributed by atoms with Crippen LogP contribution in [0.2, 0.25) is 0 Å². The molecule has 18 heavy (non-hydrogen) atoms. The minimum Gasteiger partial charge on any atom is -0.351 e. The Morgan fingerprint density at radius 3 is 2.72 bits per heavy atom. The summed E-state index contributed by atoms with van der Waals surface area (Å²) in [5.74, 6) is 0.0119. The van der Waals surface area contributed by atoms with Gasteiger partial charge in [-0.1, -0.05) is 11.8 Å². The second-order valence-corrected chi connectivity index (χ2v) is 6.94. The van der Waals surface area contributed by atoms with Crippen molar-refractivity contribution in [2.75, 3.05) is 0 Å². The van der Waals surface area contributed by atoms with Gasteiger partial charge >= 0.3 is 0 Å². The number of nitrogens with one attached hydrogen (secondary N) is 1. The molecule has 1 N–H and O–H groups in total. The summed E-state index contributed by atoms with van der Waals surface area (Å²) in [6.07, 6.45) is 2.25. The van der Waals surface area contributed by atoms with Crippen molar-refractivity contribution in [1.29, 1.82) is 0 Å². The average molecular weight is 269 g/mol. The number of nitrogens with zero attached hydrogens (tertiary/aromatic N) is 4. The Labute approximate surface area is 111 Å². The molecule has 0 spiro atoms. The third-order valence-corrected chi connectivity index (χ3v) is 3.55. The van der Waals surface area contributed by atoms with Gasteiger partial charge in [0.2, 0.25) is 11.1 Å². The van der Waals surface area contributed by atoms with Crippen LogP contribution in [-0.2, 0) is 4.79 Å². The lowest BCUT2D eigenvalue weighted by atomic mass is 10.1. The highest BCUT2D eigenvalue weighted by atomic mass is 32.2. The predicted octanol–water partition coefficient (Wildman–Crippen LogP) is 1.40. The van der Waals surface area contributed by atoms with Gasteiger partial charge in [-0.05, 0) is 51.0 Å². The first kappa shape index (κ1) is 13.3. The van der Waals surface area contributed by atoms with Crippen LogP contribution < -0.4 is 5.32 Å². The van der Waals surface area contributed by atoms with Crippen LogP contribution in [-0.4, -0.2) is 36.9 Å². The Balaban J connectivity index is 1.96. The highest BCUT2D eigenvalue weighted by Crippen LogP contribution is 2.37. The van der Waals surface area contributed by atoms with Crippen molar-refractivity contribution < 1.29 is 4.79 Å². The molecule has 1 aliphatic rings. The zero-order valence-corrected chi connectivity index (χ0v) is 12.0. The molecule has 1 fully saturated rings. The quantitative estimate of drug-likeness (QED) is 0.837. The smallest absolute Gasteiger partial charge is 0.233 e. The van der Waals surface area contributed by atoms with Crippen LogP contribution >= 0.6 is 11.8 Å². The first-order chi connectivity index (χ1) is 8.37. The zero-order valence-electron chi connectivity index (χ0n) is 11.2. The topological polar surface area (TPSA) is 72.7 Å². The van der Waals surface area contributed by atoms with Gasteiger partial charge in [0.05, 0.1) is 11.3 Å². The summed E-state index contributed by atoms with van der Waals surface area (Å²) in [4.78, 5) is 12.0. The normalized spacial score (nSPS) is 17.6. The molecule has 1 atom stereocenters. The third-order valence-electron chi connectivity index (χ3n) is 2.50. The minimum atomic E-state index is -0.214. The fraction of sp³-hybridized carbons (Fsp3) is 0.818. The summed E-state index contributed by atoms with van der Waals surface area (Å²) in [7, 11) is 0. The van der Waals surface area contributed by atoms with Crippen molar-refractivity contribution in [3.63, 3.8) is 0 Å². The van der Waals surface area contributed by atoms with Gasteiger partial charge in [-0.2, -0.15) is 0 Å². The molecule has 0 unspecified atom stereocenters. The van der Waals surface area contributed by atoms with E-state index in [1.54, 1.807) is 0 Å². The van der Waals surface area contributed by atoms with E-state index in [9.17, 15) is 4.79 Å². The molecule has 0 saturated heterocycles. The van der Waals surface area contributed by atoms with Crippen molar-refractivity contribution in [3.05, 3.63) is 0 Å². The number of carbonyl (C=O) groups excluding carboxylic acids is 1. The molecule has 2 rings (SSSR count). The van der Waals surface area contributed by atoms with Crippen LogP contribution in [0.15, 0.2) is 5.16 Å². The standard InChI is InChI=1S/C11H19N5OS/c1-7(9(17)12-11(2,3)4)18-10-13-14-15-16(10)8-5-6-8/h7-8H,5-6H2,1-4H3,(H,12,17)/t7-/m1/s1. The predicted molar refractivity (Wildman–Crippen MR) is 69.3 cm³/mol. The van der Waals surface area contributed by atoms with Crippen molar-refractivity contribution in [2.24, 2.45) is 0 Å². The van der Waals surface area contributed by atoms with E-state index in [-0.39, 0.29) is 16.7 Å². The molecule has 1 aromatic heterocycles. The second kappa shape index (κ2) is 4.87. The number of hydrogen-bond donors (Lipinski definition) is 1. The molecule has 0 aromatic carbocycles. The van der Waals surface area contributed by atoms with Gasteiger partial charge in [0.25, 0.3) is 0 Å². The van der Waals surface area contributed by atoms with E-state index in [2.05, 4.69) is 20.8 Å². The Kier molecular flexibility index (Phi) is 3.61. The van der Waals surface area contributed by atoms with Gasteiger partial charge in [0.1, 0.15) is 0 Å². The fourth-order valence-corrected chi connectivity index (χ4v) is 2.35. The van der Waals surface area contributed by atoms with Crippen LogP contribution in [0.25, 0.3) is 0 Å². The summed E-state index contributed by atoms with van der Waals surface area (Å²) in [6.45, 7) is 7.78. The number of thioether (sulfide) groups is 1. The van der Waals surface area contributed by atoms with Gasteiger partial charge in [-0.25, -0.2) is 4.68 Å². The number of carbonyl (C=O) groups is 1. The molecule has 6 nitrogen and oxygen atoms in total. The highest BCUT2D eigenvalue weighted by molar-refractivity contribution is 8.00. The zero-order chi connectivity index (χ0) is 13.3. The van der Waals surface area contributed by atoms with Gasteiger partial charge in [-0.15, -0.1) is 5.10 Å². The number of rotatable bonds is 4. The van der Waals surface area contributed by atoms with Crippen LogP contribution in [0, 0.1) is 0 Å². The van der Waals surface area contributed by atoms with E-state index in [4.69, 9.17) is 0 Å². The fourth-order valence-electron chi connectivity index (χ4n) is 1.49. The Hall–Kier alpha value is -1.11. The van der Waals surface area contributed by atoms with Gasteiger partial charge in [0, 0.05) is 5.54 Å². The van der Waals surface area contributed by atoms with Crippen LogP contribution in [0.5, 0.6) is 0 Å². The lowest BCUT2D eigenvalue weighted by Gasteiger charge is -2.22. The average Bonchev–Trinajstić information content (AvgIpc) is 2.97.